The molecule has 0 spiro atoms. The lowest BCUT2D eigenvalue weighted by Crippen LogP contribution is -2.31. The maximum Gasteiger partial charge on any atom is 0.254 e. The molecule has 0 aliphatic carbocycles. The summed E-state index contributed by atoms with van der Waals surface area (Å²) < 4.78 is 0. The smallest absolute Gasteiger partial charge is 0.254 e. The van der Waals surface area contributed by atoms with E-state index in [9.17, 15) is 4.79 Å². The number of fused-ring (bicyclic) bond motifs is 1. The van der Waals surface area contributed by atoms with Crippen molar-refractivity contribution in [3.05, 3.63) is 96.3 Å². The zero-order chi connectivity index (χ0) is 22.6. The Morgan fingerprint density at radius 1 is 0.818 bits per heavy atom. The minimum Gasteiger partial charge on any atom is -0.360 e. The first kappa shape index (κ1) is 20.7. The van der Waals surface area contributed by atoms with E-state index in [1.54, 1.807) is 0 Å². The molecule has 164 valence electrons. The van der Waals surface area contributed by atoms with Crippen LogP contribution in [0.4, 0.5) is 0 Å². The van der Waals surface area contributed by atoms with Crippen LogP contribution in [-0.2, 0) is 6.54 Å². The average Bonchev–Trinajstić information content (AvgIpc) is 3.58. The van der Waals surface area contributed by atoms with Gasteiger partial charge in [-0.2, -0.15) is 0 Å². The summed E-state index contributed by atoms with van der Waals surface area (Å²) in [7, 11) is 0. The minimum absolute atomic E-state index is 0.000675. The molecule has 3 heterocycles. The van der Waals surface area contributed by atoms with Crippen LogP contribution in [0.15, 0.2) is 85.2 Å². The molecule has 5 aromatic rings. The van der Waals surface area contributed by atoms with Crippen molar-refractivity contribution in [2.45, 2.75) is 19.9 Å². The van der Waals surface area contributed by atoms with Crippen molar-refractivity contribution in [2.24, 2.45) is 0 Å². The van der Waals surface area contributed by atoms with Gasteiger partial charge in [0, 0.05) is 31.0 Å². The molecule has 5 rings (SSSR count). The van der Waals surface area contributed by atoms with Gasteiger partial charge in [0.05, 0.1) is 22.4 Å². The Morgan fingerprint density at radius 3 is 2.09 bits per heavy atom. The molecule has 3 aromatic heterocycles. The van der Waals surface area contributed by atoms with Crippen molar-refractivity contribution in [1.82, 2.24) is 24.8 Å². The Hall–Kier alpha value is -4.19. The quantitative estimate of drug-likeness (QED) is 0.346. The first-order chi connectivity index (χ1) is 16.2. The summed E-state index contributed by atoms with van der Waals surface area (Å²) in [6.45, 7) is 3.36. The van der Waals surface area contributed by atoms with Crippen molar-refractivity contribution in [1.29, 1.82) is 0 Å². The van der Waals surface area contributed by atoms with Gasteiger partial charge in [-0.3, -0.25) is 4.79 Å². The van der Waals surface area contributed by atoms with Gasteiger partial charge in [-0.1, -0.05) is 37.3 Å². The maximum absolute atomic E-state index is 13.4. The van der Waals surface area contributed by atoms with Crippen molar-refractivity contribution >= 4 is 16.9 Å². The summed E-state index contributed by atoms with van der Waals surface area (Å²) in [5.74, 6) is -0.000675. The van der Waals surface area contributed by atoms with Crippen molar-refractivity contribution in [3.63, 3.8) is 0 Å². The van der Waals surface area contributed by atoms with Crippen LogP contribution in [0.2, 0.25) is 0 Å². The number of carbonyl (C=O) groups excluding carboxylic acids is 1. The number of hydrogen-bond acceptors (Lipinski definition) is 3. The second kappa shape index (κ2) is 9.12. The number of carbonyl (C=O) groups is 1. The molecule has 0 aliphatic heterocycles. The number of aromatic amines is 2. The third-order valence-electron chi connectivity index (χ3n) is 5.61. The Morgan fingerprint density at radius 2 is 1.48 bits per heavy atom. The lowest BCUT2D eigenvalue weighted by Gasteiger charge is -2.22. The molecule has 0 saturated carbocycles. The maximum atomic E-state index is 13.4. The summed E-state index contributed by atoms with van der Waals surface area (Å²) in [5.41, 5.74) is 6.46. The highest BCUT2D eigenvalue weighted by Crippen LogP contribution is 2.29. The summed E-state index contributed by atoms with van der Waals surface area (Å²) in [6, 6.07) is 23.5. The van der Waals surface area contributed by atoms with E-state index >= 15 is 0 Å². The molecule has 0 bridgehead atoms. The van der Waals surface area contributed by atoms with E-state index < -0.39 is 0 Å². The molecular weight excluding hydrogens is 410 g/mol. The monoisotopic (exact) mass is 435 g/mol. The van der Waals surface area contributed by atoms with Gasteiger partial charge in [0.2, 0.25) is 0 Å². The fraction of sp³-hybridized carbons (Fsp3) is 0.148. The number of nitrogens with one attached hydrogen (secondary N) is 2. The van der Waals surface area contributed by atoms with Crippen LogP contribution in [0.5, 0.6) is 0 Å². The van der Waals surface area contributed by atoms with Gasteiger partial charge in [-0.25, -0.2) is 9.97 Å². The van der Waals surface area contributed by atoms with E-state index in [1.807, 2.05) is 90.1 Å². The molecule has 6 heteroatoms. The van der Waals surface area contributed by atoms with Crippen LogP contribution in [0.3, 0.4) is 0 Å². The number of H-pyrrole nitrogens is 2. The number of benzene rings is 2. The van der Waals surface area contributed by atoms with E-state index in [0.29, 0.717) is 24.2 Å². The Kier molecular flexibility index (Phi) is 5.72. The fourth-order valence-corrected chi connectivity index (χ4v) is 4.03. The van der Waals surface area contributed by atoms with Crippen LogP contribution < -0.4 is 0 Å². The number of hydrogen-bond donors (Lipinski definition) is 2. The first-order valence-electron chi connectivity index (χ1n) is 11.2. The number of rotatable bonds is 7. The van der Waals surface area contributed by atoms with Crippen LogP contribution >= 0.6 is 0 Å². The van der Waals surface area contributed by atoms with Gasteiger partial charge in [-0.15, -0.1) is 0 Å². The highest BCUT2D eigenvalue weighted by Gasteiger charge is 2.19. The van der Waals surface area contributed by atoms with Gasteiger partial charge in [0.25, 0.3) is 5.91 Å². The number of amides is 1. The second-order valence-electron chi connectivity index (χ2n) is 8.00. The van der Waals surface area contributed by atoms with Gasteiger partial charge in [0.15, 0.2) is 0 Å². The van der Waals surface area contributed by atoms with Crippen molar-refractivity contribution in [3.8, 4) is 22.8 Å². The molecule has 0 fully saturated rings. The molecule has 0 atom stereocenters. The molecule has 6 nitrogen and oxygen atoms in total. The third-order valence-corrected chi connectivity index (χ3v) is 5.61. The summed E-state index contributed by atoms with van der Waals surface area (Å²) >= 11 is 0. The molecule has 0 saturated heterocycles. The molecule has 1 amide bonds. The highest BCUT2D eigenvalue weighted by molar-refractivity contribution is 5.98. The molecule has 33 heavy (non-hydrogen) atoms. The van der Waals surface area contributed by atoms with Crippen LogP contribution in [-0.4, -0.2) is 37.3 Å². The topological polar surface area (TPSA) is 77.7 Å². The Bertz CT molecular complexity index is 1360. The highest BCUT2D eigenvalue weighted by atomic mass is 16.2. The van der Waals surface area contributed by atoms with E-state index in [2.05, 4.69) is 16.9 Å². The van der Waals surface area contributed by atoms with E-state index in [1.165, 1.54) is 0 Å². The largest absolute Gasteiger partial charge is 0.360 e. The van der Waals surface area contributed by atoms with Crippen molar-refractivity contribution in [2.75, 3.05) is 6.54 Å². The normalized spacial score (nSPS) is 11.1. The first-order valence-corrected chi connectivity index (χ1v) is 11.2. The minimum atomic E-state index is -0.000675. The second-order valence-corrected chi connectivity index (χ2v) is 8.00. The van der Waals surface area contributed by atoms with Crippen LogP contribution in [0, 0.1) is 0 Å². The van der Waals surface area contributed by atoms with Crippen molar-refractivity contribution < 1.29 is 4.79 Å². The van der Waals surface area contributed by atoms with E-state index in [0.717, 1.165) is 40.3 Å². The molecule has 2 aromatic carbocycles. The third kappa shape index (κ3) is 4.28. The van der Waals surface area contributed by atoms with Crippen LogP contribution in [0.1, 0.15) is 29.3 Å². The molecule has 0 radical (unpaired) electrons. The zero-order valence-corrected chi connectivity index (χ0v) is 18.5. The molecular formula is C27H25N5O. The fourth-order valence-electron chi connectivity index (χ4n) is 4.03. The van der Waals surface area contributed by atoms with E-state index in [4.69, 9.17) is 9.97 Å². The summed E-state index contributed by atoms with van der Waals surface area (Å²) in [4.78, 5) is 31.6. The van der Waals surface area contributed by atoms with Crippen LogP contribution in [0.25, 0.3) is 33.8 Å². The summed E-state index contributed by atoms with van der Waals surface area (Å²) in [5, 5.41) is 0. The predicted molar refractivity (Wildman–Crippen MR) is 131 cm³/mol. The van der Waals surface area contributed by atoms with Gasteiger partial charge in [0.1, 0.15) is 11.4 Å². The average molecular weight is 436 g/mol. The summed E-state index contributed by atoms with van der Waals surface area (Å²) in [6.07, 6.45) is 4.63. The number of nitrogens with zero attached hydrogens (tertiary/aromatic N) is 3. The lowest BCUT2D eigenvalue weighted by molar-refractivity contribution is 0.0743. The molecule has 0 aliphatic rings. The van der Waals surface area contributed by atoms with Gasteiger partial charge >= 0.3 is 0 Å². The standard InChI is InChI=1S/C27H25N5O/c1-2-16-32(18-19-8-4-3-5-9-19)27(33)20-12-13-21-24(17-20)31-26(23-11-7-15-29-23)25(30-21)22-10-6-14-28-22/h3-15,17,28-29H,2,16,18H2,1H3. The predicted octanol–water partition coefficient (Wildman–Crippen LogP) is 5.67. The Labute approximate surface area is 192 Å². The van der Waals surface area contributed by atoms with Gasteiger partial charge in [-0.05, 0) is 54.4 Å². The molecule has 0 unspecified atom stereocenters. The lowest BCUT2D eigenvalue weighted by atomic mass is 10.1. The van der Waals surface area contributed by atoms with E-state index in [-0.39, 0.29) is 5.91 Å². The zero-order valence-electron chi connectivity index (χ0n) is 18.5. The number of aromatic nitrogens is 4. The van der Waals surface area contributed by atoms with Gasteiger partial charge < -0.3 is 14.9 Å². The Balaban J connectivity index is 1.54. The SMILES string of the molecule is CCCN(Cc1ccccc1)C(=O)c1ccc2nc(-c3ccc[nH]3)c(-c3ccc[nH]3)nc2c1. The molecule has 2 N–H and O–H groups in total.